The van der Waals surface area contributed by atoms with Crippen LogP contribution in [0.25, 0.3) is 0 Å². The lowest BCUT2D eigenvalue weighted by Gasteiger charge is -2.33. The number of carbonyl (C=O) groups is 1. The lowest BCUT2D eigenvalue weighted by molar-refractivity contribution is -0.127. The van der Waals surface area contributed by atoms with E-state index >= 15 is 0 Å². The van der Waals surface area contributed by atoms with Crippen molar-refractivity contribution >= 4 is 30.7 Å². The van der Waals surface area contributed by atoms with Gasteiger partial charge in [-0.3, -0.25) is 4.79 Å². The Balaban J connectivity index is 0.00000200. The van der Waals surface area contributed by atoms with Crippen LogP contribution in [-0.4, -0.2) is 43.5 Å². The third kappa shape index (κ3) is 6.31. The van der Waals surface area contributed by atoms with Crippen LogP contribution in [0, 0.1) is 11.8 Å². The Morgan fingerprint density at radius 1 is 1.14 bits per heavy atom. The maximum absolute atomic E-state index is 12.3. The van der Waals surface area contributed by atoms with E-state index in [1.807, 2.05) is 0 Å². The van der Waals surface area contributed by atoms with E-state index in [1.165, 1.54) is 32.1 Å². The highest BCUT2D eigenvalue weighted by Crippen LogP contribution is 2.26. The summed E-state index contributed by atoms with van der Waals surface area (Å²) in [7, 11) is 2.12. The Bertz CT molecular complexity index is 291. The number of likely N-dealkylation sites (tertiary alicyclic amines) is 1. The molecule has 1 saturated carbocycles. The van der Waals surface area contributed by atoms with Crippen LogP contribution in [0.2, 0.25) is 0 Å². The summed E-state index contributed by atoms with van der Waals surface area (Å²) in [5, 5.41) is 3.24. The van der Waals surface area contributed by atoms with Crippen molar-refractivity contribution in [1.82, 2.24) is 10.2 Å². The second-order valence-corrected chi connectivity index (χ2v) is 6.33. The fourth-order valence-corrected chi connectivity index (χ4v) is 3.48. The summed E-state index contributed by atoms with van der Waals surface area (Å²) < 4.78 is 0. The van der Waals surface area contributed by atoms with E-state index in [-0.39, 0.29) is 42.7 Å². The predicted octanol–water partition coefficient (Wildman–Crippen LogP) is 2.20. The van der Waals surface area contributed by atoms with Crippen molar-refractivity contribution in [2.75, 3.05) is 26.7 Å². The molecule has 1 heterocycles. The van der Waals surface area contributed by atoms with E-state index in [0.29, 0.717) is 12.5 Å². The van der Waals surface area contributed by atoms with Gasteiger partial charge < -0.3 is 16.0 Å². The Hall–Kier alpha value is -0.0300. The van der Waals surface area contributed by atoms with Crippen molar-refractivity contribution in [3.63, 3.8) is 0 Å². The smallest absolute Gasteiger partial charge is 0.223 e. The van der Waals surface area contributed by atoms with Gasteiger partial charge in [0.05, 0.1) is 0 Å². The van der Waals surface area contributed by atoms with Crippen molar-refractivity contribution in [2.24, 2.45) is 17.6 Å². The second kappa shape index (κ2) is 10.7. The molecule has 1 amide bonds. The number of hydrogen-bond acceptors (Lipinski definition) is 3. The predicted molar refractivity (Wildman–Crippen MR) is 92.3 cm³/mol. The Morgan fingerprint density at radius 3 is 2.24 bits per heavy atom. The molecule has 0 radical (unpaired) electrons. The minimum Gasteiger partial charge on any atom is -0.352 e. The number of carbonyl (C=O) groups excluding carboxylic acids is 1. The zero-order chi connectivity index (χ0) is 13.7. The highest BCUT2D eigenvalue weighted by Gasteiger charge is 2.28. The largest absolute Gasteiger partial charge is 0.352 e. The fourth-order valence-electron chi connectivity index (χ4n) is 3.48. The van der Waals surface area contributed by atoms with Gasteiger partial charge in [-0.25, -0.2) is 0 Å². The molecule has 0 aromatic heterocycles. The number of nitrogens with two attached hydrogens (primary N) is 1. The van der Waals surface area contributed by atoms with E-state index in [0.717, 1.165) is 25.9 Å². The third-order valence-corrected chi connectivity index (χ3v) is 4.89. The highest BCUT2D eigenvalue weighted by molar-refractivity contribution is 5.85. The standard InChI is InChI=1S/C15H29N3O.2ClH/c1-18-9-7-13(8-10-18)15(19)17-14(11-16)12-5-3-2-4-6-12;;/h12-14H,2-11,16H2,1H3,(H,17,19);2*1H. The number of piperidine rings is 1. The molecule has 4 nitrogen and oxygen atoms in total. The molecule has 1 saturated heterocycles. The van der Waals surface area contributed by atoms with Gasteiger partial charge in [0, 0.05) is 18.5 Å². The summed E-state index contributed by atoms with van der Waals surface area (Å²) in [6.07, 6.45) is 8.38. The van der Waals surface area contributed by atoms with E-state index in [4.69, 9.17) is 5.73 Å². The SMILES string of the molecule is CN1CCC(C(=O)NC(CN)C2CCCCC2)CC1.Cl.Cl. The minimum absolute atomic E-state index is 0. The maximum atomic E-state index is 12.3. The summed E-state index contributed by atoms with van der Waals surface area (Å²) in [6, 6.07) is 0.201. The lowest BCUT2D eigenvalue weighted by Crippen LogP contribution is -2.49. The summed E-state index contributed by atoms with van der Waals surface area (Å²) in [5.41, 5.74) is 5.88. The average Bonchev–Trinajstić information content (AvgIpc) is 2.46. The van der Waals surface area contributed by atoms with E-state index in [9.17, 15) is 4.79 Å². The number of nitrogens with zero attached hydrogens (tertiary/aromatic N) is 1. The van der Waals surface area contributed by atoms with Gasteiger partial charge in [-0.2, -0.15) is 0 Å². The first-order chi connectivity index (χ1) is 9.20. The molecule has 0 bridgehead atoms. The van der Waals surface area contributed by atoms with Gasteiger partial charge in [-0.15, -0.1) is 24.8 Å². The first-order valence-corrected chi connectivity index (χ1v) is 7.89. The molecule has 2 aliphatic rings. The molecule has 1 unspecified atom stereocenters. The molecule has 2 fully saturated rings. The molecule has 2 rings (SSSR count). The van der Waals surface area contributed by atoms with Gasteiger partial charge in [-0.1, -0.05) is 19.3 Å². The molecular formula is C15H31Cl2N3O. The van der Waals surface area contributed by atoms with Gasteiger partial charge in [0.1, 0.15) is 0 Å². The summed E-state index contributed by atoms with van der Waals surface area (Å²) >= 11 is 0. The zero-order valence-corrected chi connectivity index (χ0v) is 14.7. The molecule has 0 spiro atoms. The van der Waals surface area contributed by atoms with Crippen LogP contribution in [-0.2, 0) is 4.79 Å². The Morgan fingerprint density at radius 2 is 1.71 bits per heavy atom. The number of hydrogen-bond donors (Lipinski definition) is 2. The second-order valence-electron chi connectivity index (χ2n) is 6.33. The summed E-state index contributed by atoms with van der Waals surface area (Å²) in [4.78, 5) is 14.6. The number of rotatable bonds is 4. The molecule has 6 heteroatoms. The van der Waals surface area contributed by atoms with Gasteiger partial charge >= 0.3 is 0 Å². The van der Waals surface area contributed by atoms with Crippen LogP contribution in [0.3, 0.4) is 0 Å². The van der Waals surface area contributed by atoms with Gasteiger partial charge in [0.15, 0.2) is 0 Å². The van der Waals surface area contributed by atoms with Crippen molar-refractivity contribution in [3.8, 4) is 0 Å². The number of halogens is 2. The first kappa shape index (κ1) is 21.0. The van der Waals surface area contributed by atoms with Crippen LogP contribution in [0.15, 0.2) is 0 Å². The zero-order valence-electron chi connectivity index (χ0n) is 13.1. The van der Waals surface area contributed by atoms with Crippen LogP contribution >= 0.6 is 24.8 Å². The summed E-state index contributed by atoms with van der Waals surface area (Å²) in [5.74, 6) is 1.05. The molecule has 126 valence electrons. The topological polar surface area (TPSA) is 58.4 Å². The molecule has 21 heavy (non-hydrogen) atoms. The van der Waals surface area contributed by atoms with E-state index in [2.05, 4.69) is 17.3 Å². The molecule has 1 aliphatic carbocycles. The number of nitrogens with one attached hydrogen (secondary N) is 1. The highest BCUT2D eigenvalue weighted by atomic mass is 35.5. The molecule has 1 aliphatic heterocycles. The minimum atomic E-state index is 0. The van der Waals surface area contributed by atoms with Crippen molar-refractivity contribution < 1.29 is 4.79 Å². The third-order valence-electron chi connectivity index (χ3n) is 4.89. The van der Waals surface area contributed by atoms with E-state index < -0.39 is 0 Å². The number of amides is 1. The monoisotopic (exact) mass is 339 g/mol. The Kier molecular flexibility index (Phi) is 10.6. The van der Waals surface area contributed by atoms with Crippen molar-refractivity contribution in [2.45, 2.75) is 51.0 Å². The van der Waals surface area contributed by atoms with Crippen LogP contribution < -0.4 is 11.1 Å². The fraction of sp³-hybridized carbons (Fsp3) is 0.933. The van der Waals surface area contributed by atoms with Gasteiger partial charge in [-0.05, 0) is 51.7 Å². The van der Waals surface area contributed by atoms with Crippen LogP contribution in [0.1, 0.15) is 44.9 Å². The Labute approximate surface area is 141 Å². The van der Waals surface area contributed by atoms with Crippen LogP contribution in [0.4, 0.5) is 0 Å². The molecule has 0 aromatic rings. The maximum Gasteiger partial charge on any atom is 0.223 e. The molecule has 3 N–H and O–H groups in total. The summed E-state index contributed by atoms with van der Waals surface area (Å²) in [6.45, 7) is 2.66. The first-order valence-electron chi connectivity index (χ1n) is 7.89. The van der Waals surface area contributed by atoms with Gasteiger partial charge in [0.25, 0.3) is 0 Å². The quantitative estimate of drug-likeness (QED) is 0.825. The molecular weight excluding hydrogens is 309 g/mol. The van der Waals surface area contributed by atoms with Crippen molar-refractivity contribution in [1.29, 1.82) is 0 Å². The van der Waals surface area contributed by atoms with Crippen molar-refractivity contribution in [3.05, 3.63) is 0 Å². The van der Waals surface area contributed by atoms with Crippen LogP contribution in [0.5, 0.6) is 0 Å². The average molecular weight is 340 g/mol. The van der Waals surface area contributed by atoms with Gasteiger partial charge in [0.2, 0.25) is 5.91 Å². The molecule has 0 aromatic carbocycles. The molecule has 1 atom stereocenters. The van der Waals surface area contributed by atoms with E-state index in [1.54, 1.807) is 0 Å². The normalized spacial score (nSPS) is 22.8. The lowest BCUT2D eigenvalue weighted by atomic mass is 9.83.